The molecule has 21 heavy (non-hydrogen) atoms. The van der Waals surface area contributed by atoms with E-state index in [1.165, 1.54) is 6.07 Å². The number of amides is 1. The average Bonchev–Trinajstić information content (AvgIpc) is 2.49. The number of aromatic nitrogens is 1. The predicted octanol–water partition coefficient (Wildman–Crippen LogP) is 3.28. The highest BCUT2D eigenvalue weighted by Gasteiger charge is 2.18. The van der Waals surface area contributed by atoms with Crippen LogP contribution in [0.5, 0.6) is 0 Å². The van der Waals surface area contributed by atoms with Crippen LogP contribution >= 0.6 is 0 Å². The van der Waals surface area contributed by atoms with Crippen LogP contribution in [0, 0.1) is 5.82 Å². The molecule has 1 aliphatic rings. The Morgan fingerprint density at radius 3 is 2.81 bits per heavy atom. The summed E-state index contributed by atoms with van der Waals surface area (Å²) >= 11 is 0. The maximum atomic E-state index is 14.2. The van der Waals surface area contributed by atoms with Gasteiger partial charge in [-0.15, -0.1) is 0 Å². The molecule has 2 N–H and O–H groups in total. The van der Waals surface area contributed by atoms with E-state index < -0.39 is 0 Å². The molecule has 2 heterocycles. The van der Waals surface area contributed by atoms with E-state index in [-0.39, 0.29) is 17.8 Å². The standard InChI is InChI=1S/C16H16FN3O/c1-10(11-4-6-18-7-5-11)19-15-9-14-12(8-13(15)17)2-3-16(21)20-14/h4-10,19H,2-3H2,1H3,(H,20,21). The molecule has 1 unspecified atom stereocenters. The molecule has 0 spiro atoms. The first-order valence-corrected chi connectivity index (χ1v) is 6.92. The van der Waals surface area contributed by atoms with Crippen molar-refractivity contribution in [3.63, 3.8) is 0 Å². The number of hydrogen-bond acceptors (Lipinski definition) is 3. The molecule has 4 nitrogen and oxygen atoms in total. The van der Waals surface area contributed by atoms with Crippen molar-refractivity contribution in [2.24, 2.45) is 0 Å². The summed E-state index contributed by atoms with van der Waals surface area (Å²) in [6.45, 7) is 1.95. The minimum atomic E-state index is -0.300. The number of carbonyl (C=O) groups is 1. The van der Waals surface area contributed by atoms with Crippen LogP contribution in [-0.4, -0.2) is 10.9 Å². The van der Waals surface area contributed by atoms with Gasteiger partial charge in [-0.1, -0.05) is 0 Å². The third-order valence-electron chi connectivity index (χ3n) is 3.67. The molecule has 108 valence electrons. The van der Waals surface area contributed by atoms with Gasteiger partial charge in [0.15, 0.2) is 0 Å². The predicted molar refractivity (Wildman–Crippen MR) is 79.6 cm³/mol. The average molecular weight is 285 g/mol. The second-order valence-corrected chi connectivity index (χ2v) is 5.18. The van der Waals surface area contributed by atoms with Crippen molar-refractivity contribution < 1.29 is 9.18 Å². The Hall–Kier alpha value is -2.43. The van der Waals surface area contributed by atoms with Crippen molar-refractivity contribution >= 4 is 17.3 Å². The fourth-order valence-electron chi connectivity index (χ4n) is 2.48. The summed E-state index contributed by atoms with van der Waals surface area (Å²) in [7, 11) is 0. The van der Waals surface area contributed by atoms with Crippen LogP contribution in [0.3, 0.4) is 0 Å². The first kappa shape index (κ1) is 13.5. The number of aryl methyl sites for hydroxylation is 1. The maximum Gasteiger partial charge on any atom is 0.224 e. The fourth-order valence-corrected chi connectivity index (χ4v) is 2.48. The van der Waals surface area contributed by atoms with Crippen molar-refractivity contribution in [2.45, 2.75) is 25.8 Å². The van der Waals surface area contributed by atoms with E-state index in [2.05, 4.69) is 15.6 Å². The topological polar surface area (TPSA) is 54.0 Å². The van der Waals surface area contributed by atoms with Crippen LogP contribution in [-0.2, 0) is 11.2 Å². The third-order valence-corrected chi connectivity index (χ3v) is 3.67. The van der Waals surface area contributed by atoms with Crippen LogP contribution in [0.15, 0.2) is 36.7 Å². The van der Waals surface area contributed by atoms with Gasteiger partial charge in [0.25, 0.3) is 0 Å². The smallest absolute Gasteiger partial charge is 0.224 e. The number of carbonyl (C=O) groups excluding carboxylic acids is 1. The van der Waals surface area contributed by atoms with Gasteiger partial charge in [0.05, 0.1) is 5.69 Å². The Bertz CT molecular complexity index is 673. The van der Waals surface area contributed by atoms with E-state index in [1.807, 2.05) is 19.1 Å². The molecule has 3 rings (SSSR count). The van der Waals surface area contributed by atoms with E-state index >= 15 is 0 Å². The van der Waals surface area contributed by atoms with E-state index in [9.17, 15) is 9.18 Å². The van der Waals surface area contributed by atoms with Crippen LogP contribution in [0.1, 0.15) is 30.5 Å². The summed E-state index contributed by atoms with van der Waals surface area (Å²) in [5.41, 5.74) is 2.94. The highest BCUT2D eigenvalue weighted by molar-refractivity contribution is 5.94. The molecule has 0 fully saturated rings. The first-order chi connectivity index (χ1) is 10.1. The lowest BCUT2D eigenvalue weighted by Crippen LogP contribution is -2.19. The van der Waals surface area contributed by atoms with Crippen LogP contribution in [0.25, 0.3) is 0 Å². The molecule has 0 bridgehead atoms. The van der Waals surface area contributed by atoms with Gasteiger partial charge in [0, 0.05) is 30.5 Å². The van der Waals surface area contributed by atoms with Crippen molar-refractivity contribution in [2.75, 3.05) is 10.6 Å². The van der Waals surface area contributed by atoms with E-state index in [4.69, 9.17) is 0 Å². The molecule has 0 saturated heterocycles. The molecule has 1 atom stereocenters. The molecule has 2 aromatic rings. The summed E-state index contributed by atoms with van der Waals surface area (Å²) in [5, 5.41) is 5.92. The molecule has 1 amide bonds. The monoisotopic (exact) mass is 285 g/mol. The van der Waals surface area contributed by atoms with Crippen LogP contribution < -0.4 is 10.6 Å². The summed E-state index contributed by atoms with van der Waals surface area (Å²) in [5.74, 6) is -0.326. The lowest BCUT2D eigenvalue weighted by molar-refractivity contribution is -0.116. The fraction of sp³-hybridized carbons (Fsp3) is 0.250. The Labute approximate surface area is 122 Å². The maximum absolute atomic E-state index is 14.2. The van der Waals surface area contributed by atoms with Crippen molar-refractivity contribution in [1.82, 2.24) is 4.98 Å². The number of nitrogens with zero attached hydrogens (tertiary/aromatic N) is 1. The van der Waals surface area contributed by atoms with E-state index in [0.29, 0.717) is 24.2 Å². The SMILES string of the molecule is CC(Nc1cc2c(cc1F)CCC(=O)N2)c1ccncc1. The zero-order chi connectivity index (χ0) is 14.8. The molecule has 1 aliphatic heterocycles. The lowest BCUT2D eigenvalue weighted by Gasteiger charge is -2.21. The Balaban J connectivity index is 1.86. The van der Waals surface area contributed by atoms with Crippen LogP contribution in [0.2, 0.25) is 0 Å². The summed E-state index contributed by atoms with van der Waals surface area (Å²) < 4.78 is 14.2. The molecule has 5 heteroatoms. The minimum Gasteiger partial charge on any atom is -0.376 e. The Morgan fingerprint density at radius 2 is 2.05 bits per heavy atom. The summed E-state index contributed by atoms with van der Waals surface area (Å²) in [6, 6.07) is 6.88. The molecular weight excluding hydrogens is 269 g/mol. The number of benzene rings is 1. The number of pyridine rings is 1. The minimum absolute atomic E-state index is 0.0257. The van der Waals surface area contributed by atoms with E-state index in [1.54, 1.807) is 18.5 Å². The highest BCUT2D eigenvalue weighted by atomic mass is 19.1. The van der Waals surface area contributed by atoms with Crippen LogP contribution in [0.4, 0.5) is 15.8 Å². The van der Waals surface area contributed by atoms with Gasteiger partial charge < -0.3 is 10.6 Å². The van der Waals surface area contributed by atoms with Gasteiger partial charge in [-0.05, 0) is 48.7 Å². The summed E-state index contributed by atoms with van der Waals surface area (Å²) in [6.07, 6.45) is 4.40. The number of rotatable bonds is 3. The molecule has 1 aromatic heterocycles. The molecular formula is C16H16FN3O. The Morgan fingerprint density at radius 1 is 1.29 bits per heavy atom. The first-order valence-electron chi connectivity index (χ1n) is 6.92. The highest BCUT2D eigenvalue weighted by Crippen LogP contribution is 2.30. The molecule has 0 radical (unpaired) electrons. The number of anilines is 2. The van der Waals surface area contributed by atoms with Gasteiger partial charge in [0.1, 0.15) is 5.82 Å². The number of fused-ring (bicyclic) bond motifs is 1. The Kier molecular flexibility index (Phi) is 3.56. The second kappa shape index (κ2) is 5.52. The summed E-state index contributed by atoms with van der Waals surface area (Å²) in [4.78, 5) is 15.4. The van der Waals surface area contributed by atoms with Gasteiger partial charge >= 0.3 is 0 Å². The molecule has 0 saturated carbocycles. The lowest BCUT2D eigenvalue weighted by atomic mass is 10.0. The van der Waals surface area contributed by atoms with Crippen molar-refractivity contribution in [3.8, 4) is 0 Å². The van der Waals surface area contributed by atoms with Crippen molar-refractivity contribution in [1.29, 1.82) is 0 Å². The quantitative estimate of drug-likeness (QED) is 0.910. The largest absolute Gasteiger partial charge is 0.376 e. The van der Waals surface area contributed by atoms with E-state index in [0.717, 1.165) is 11.1 Å². The third kappa shape index (κ3) is 2.86. The number of halogens is 1. The number of hydrogen-bond donors (Lipinski definition) is 2. The second-order valence-electron chi connectivity index (χ2n) is 5.18. The molecule has 0 aliphatic carbocycles. The van der Waals surface area contributed by atoms with Gasteiger partial charge in [-0.2, -0.15) is 0 Å². The number of nitrogens with one attached hydrogen (secondary N) is 2. The van der Waals surface area contributed by atoms with Gasteiger partial charge in [-0.25, -0.2) is 4.39 Å². The molecule has 1 aromatic carbocycles. The van der Waals surface area contributed by atoms with Gasteiger partial charge in [-0.3, -0.25) is 9.78 Å². The van der Waals surface area contributed by atoms with Crippen molar-refractivity contribution in [3.05, 3.63) is 53.6 Å². The normalized spacial score (nSPS) is 15.0. The zero-order valence-corrected chi connectivity index (χ0v) is 11.7. The zero-order valence-electron chi connectivity index (χ0n) is 11.7. The van der Waals surface area contributed by atoms with Gasteiger partial charge in [0.2, 0.25) is 5.91 Å².